The molecule has 0 saturated carbocycles. The predicted octanol–water partition coefficient (Wildman–Crippen LogP) is -0.0437. The average molecular weight is 242 g/mol. The van der Waals surface area contributed by atoms with Gasteiger partial charge in [-0.1, -0.05) is 0 Å². The first-order chi connectivity index (χ1) is 6.32. The van der Waals surface area contributed by atoms with E-state index in [1.165, 1.54) is 0 Å². The third kappa shape index (κ3) is 3.34. The summed E-state index contributed by atoms with van der Waals surface area (Å²) in [5, 5.41) is 17.5. The van der Waals surface area contributed by atoms with Crippen molar-refractivity contribution in [1.29, 1.82) is 0 Å². The van der Waals surface area contributed by atoms with E-state index in [-0.39, 0.29) is 23.1 Å². The van der Waals surface area contributed by atoms with E-state index in [0.29, 0.717) is 6.07 Å². The fourth-order valence-electron chi connectivity index (χ4n) is 0.847. The van der Waals surface area contributed by atoms with E-state index in [1.807, 2.05) is 0 Å². The van der Waals surface area contributed by atoms with Crippen molar-refractivity contribution in [3.8, 4) is 5.75 Å². The molecule has 8 heteroatoms. The van der Waals surface area contributed by atoms with Crippen LogP contribution in [-0.4, -0.2) is 52.2 Å². The van der Waals surface area contributed by atoms with Gasteiger partial charge in [-0.25, -0.2) is 4.79 Å². The van der Waals surface area contributed by atoms with Crippen LogP contribution in [0.2, 0.25) is 0 Å². The maximum atomic E-state index is 10.6. The zero-order valence-corrected chi connectivity index (χ0v) is 9.64. The highest BCUT2D eigenvalue weighted by molar-refractivity contribution is 7.85. The number of carboxylic acids is 1. The maximum Gasteiger partial charge on any atom is 0.339 e. The summed E-state index contributed by atoms with van der Waals surface area (Å²) in [5.74, 6) is -2.04. The molecule has 0 aromatic heterocycles. The lowest BCUT2D eigenvalue weighted by atomic mass is 10.2. The summed E-state index contributed by atoms with van der Waals surface area (Å²) in [6.07, 6.45) is 0. The van der Waals surface area contributed by atoms with Crippen molar-refractivity contribution in [1.82, 2.24) is 0 Å². The molecule has 0 aliphatic carbocycles. The molecule has 1 aromatic rings. The average Bonchev–Trinajstić information content (AvgIpc) is 2.02. The molecule has 0 spiro atoms. The Kier molecular flexibility index (Phi) is 4.53. The Labute approximate surface area is 101 Å². The lowest BCUT2D eigenvalue weighted by Gasteiger charge is -2.01. The molecule has 0 aliphatic rings. The molecule has 0 atom stereocenters. The van der Waals surface area contributed by atoms with Gasteiger partial charge in [-0.15, -0.1) is 0 Å². The first kappa shape index (κ1) is 14.2. The first-order valence-corrected chi connectivity index (χ1v) is 4.80. The van der Waals surface area contributed by atoms with Crippen LogP contribution in [0.3, 0.4) is 0 Å². The maximum absolute atomic E-state index is 10.6. The van der Waals surface area contributed by atoms with Gasteiger partial charge in [-0.2, -0.15) is 8.42 Å². The zero-order valence-electron chi connectivity index (χ0n) is 7.41. The minimum Gasteiger partial charge on any atom is -0.507 e. The molecule has 0 saturated heterocycles. The molecule has 0 unspecified atom stereocenters. The summed E-state index contributed by atoms with van der Waals surface area (Å²) in [7, 11) is -4.45. The standard InChI is InChI=1S/C7H6O6S.Mg/c8-6-2-1-4(14(11,12)13)3-5(6)7(9)10;/h1-3,8H,(H,9,10)(H,11,12,13);. The van der Waals surface area contributed by atoms with Crippen LogP contribution in [-0.2, 0) is 10.1 Å². The highest BCUT2D eigenvalue weighted by Crippen LogP contribution is 2.20. The van der Waals surface area contributed by atoms with E-state index in [2.05, 4.69) is 0 Å². The third-order valence-corrected chi connectivity index (χ3v) is 2.35. The van der Waals surface area contributed by atoms with E-state index in [9.17, 15) is 13.2 Å². The van der Waals surface area contributed by atoms with Gasteiger partial charge in [0, 0.05) is 23.1 Å². The van der Waals surface area contributed by atoms with Crippen molar-refractivity contribution >= 4 is 39.1 Å². The largest absolute Gasteiger partial charge is 0.507 e. The summed E-state index contributed by atoms with van der Waals surface area (Å²) < 4.78 is 29.8. The van der Waals surface area contributed by atoms with Crippen LogP contribution in [0.25, 0.3) is 0 Å². The summed E-state index contributed by atoms with van der Waals surface area (Å²) in [4.78, 5) is 9.89. The molecule has 3 N–H and O–H groups in total. The van der Waals surface area contributed by atoms with E-state index < -0.39 is 32.3 Å². The van der Waals surface area contributed by atoms with Gasteiger partial charge in [-0.05, 0) is 18.2 Å². The van der Waals surface area contributed by atoms with Crippen LogP contribution in [0.1, 0.15) is 10.4 Å². The van der Waals surface area contributed by atoms with Gasteiger partial charge in [0.1, 0.15) is 11.3 Å². The van der Waals surface area contributed by atoms with Crippen molar-refractivity contribution in [2.24, 2.45) is 0 Å². The highest BCUT2D eigenvalue weighted by Gasteiger charge is 2.15. The number of carboxylic acid groups (broad SMARTS) is 1. The van der Waals surface area contributed by atoms with Crippen LogP contribution >= 0.6 is 0 Å². The number of carbonyl (C=O) groups is 1. The molecule has 0 heterocycles. The lowest BCUT2D eigenvalue weighted by molar-refractivity contribution is 0.0693. The first-order valence-electron chi connectivity index (χ1n) is 3.36. The van der Waals surface area contributed by atoms with Gasteiger partial charge in [-0.3, -0.25) is 4.55 Å². The number of aromatic carboxylic acids is 1. The van der Waals surface area contributed by atoms with Crippen LogP contribution in [0.4, 0.5) is 0 Å². The minimum absolute atomic E-state index is 0. The fraction of sp³-hybridized carbons (Fsp3) is 0. The van der Waals surface area contributed by atoms with Crippen molar-refractivity contribution < 1.29 is 28.0 Å². The lowest BCUT2D eigenvalue weighted by Crippen LogP contribution is -2.02. The molecule has 1 aromatic carbocycles. The van der Waals surface area contributed by atoms with Crippen molar-refractivity contribution in [3.63, 3.8) is 0 Å². The smallest absolute Gasteiger partial charge is 0.339 e. The second-order valence-electron chi connectivity index (χ2n) is 2.46. The summed E-state index contributed by atoms with van der Waals surface area (Å²) in [6, 6.07) is 2.46. The van der Waals surface area contributed by atoms with Gasteiger partial charge in [0.25, 0.3) is 10.1 Å². The van der Waals surface area contributed by atoms with Gasteiger partial charge in [0.05, 0.1) is 4.90 Å². The monoisotopic (exact) mass is 242 g/mol. The Bertz CT molecular complexity index is 480. The van der Waals surface area contributed by atoms with Gasteiger partial charge >= 0.3 is 5.97 Å². The van der Waals surface area contributed by atoms with E-state index in [0.717, 1.165) is 12.1 Å². The SMILES string of the molecule is O=C(O)c1cc(S(=O)(=O)O)ccc1O.[Mg]. The fourth-order valence-corrected chi connectivity index (χ4v) is 1.35. The van der Waals surface area contributed by atoms with Crippen LogP contribution < -0.4 is 0 Å². The molecule has 0 aliphatic heterocycles. The minimum atomic E-state index is -4.45. The van der Waals surface area contributed by atoms with E-state index >= 15 is 0 Å². The van der Waals surface area contributed by atoms with Crippen molar-refractivity contribution in [2.75, 3.05) is 0 Å². The Hall–Kier alpha value is -0.834. The number of hydrogen-bond donors (Lipinski definition) is 3. The number of benzene rings is 1. The summed E-state index contributed by atoms with van der Waals surface area (Å²) in [6.45, 7) is 0. The Balaban J connectivity index is 0.00000196. The molecular formula is C7H6MgO6S. The molecule has 15 heavy (non-hydrogen) atoms. The van der Waals surface area contributed by atoms with Crippen LogP contribution in [0.5, 0.6) is 5.75 Å². The number of phenols is 1. The number of rotatable bonds is 2. The van der Waals surface area contributed by atoms with Gasteiger partial charge < -0.3 is 10.2 Å². The normalized spacial score (nSPS) is 10.5. The molecule has 2 radical (unpaired) electrons. The highest BCUT2D eigenvalue weighted by atomic mass is 32.2. The van der Waals surface area contributed by atoms with Crippen LogP contribution in [0, 0.1) is 0 Å². The third-order valence-electron chi connectivity index (χ3n) is 1.50. The Morgan fingerprint density at radius 1 is 1.27 bits per heavy atom. The molecule has 0 fully saturated rings. The molecule has 0 bridgehead atoms. The Morgan fingerprint density at radius 2 is 1.80 bits per heavy atom. The molecular weight excluding hydrogens is 236 g/mol. The molecule has 78 valence electrons. The molecule has 1 rings (SSSR count). The topological polar surface area (TPSA) is 112 Å². The second kappa shape index (κ2) is 4.79. The molecule has 6 nitrogen and oxygen atoms in total. The van der Waals surface area contributed by atoms with Crippen LogP contribution in [0.15, 0.2) is 23.1 Å². The second-order valence-corrected chi connectivity index (χ2v) is 3.88. The predicted molar refractivity (Wildman–Crippen MR) is 50.6 cm³/mol. The van der Waals surface area contributed by atoms with Crippen molar-refractivity contribution in [3.05, 3.63) is 23.8 Å². The van der Waals surface area contributed by atoms with Gasteiger partial charge in [0.2, 0.25) is 0 Å². The summed E-state index contributed by atoms with van der Waals surface area (Å²) in [5.41, 5.74) is -0.583. The molecule has 0 amide bonds. The Morgan fingerprint density at radius 3 is 2.20 bits per heavy atom. The van der Waals surface area contributed by atoms with E-state index in [1.54, 1.807) is 0 Å². The quantitative estimate of drug-likeness (QED) is 0.495. The number of aromatic hydroxyl groups is 1. The van der Waals surface area contributed by atoms with Gasteiger partial charge in [0.15, 0.2) is 0 Å². The number of hydrogen-bond acceptors (Lipinski definition) is 4. The summed E-state index contributed by atoms with van der Waals surface area (Å²) >= 11 is 0. The van der Waals surface area contributed by atoms with Crippen molar-refractivity contribution in [2.45, 2.75) is 4.90 Å². The zero-order chi connectivity index (χ0) is 10.9. The van der Waals surface area contributed by atoms with E-state index in [4.69, 9.17) is 14.8 Å².